The average Bonchev–Trinajstić information content (AvgIpc) is 2.30. The van der Waals surface area contributed by atoms with Gasteiger partial charge in [0.2, 0.25) is 0 Å². The molecule has 1 nitrogen and oxygen atoms in total. The fourth-order valence-electron chi connectivity index (χ4n) is 2.15. The third-order valence-electron chi connectivity index (χ3n) is 3.28. The quantitative estimate of drug-likeness (QED) is 0.830. The summed E-state index contributed by atoms with van der Waals surface area (Å²) in [4.78, 5) is 0. The van der Waals surface area contributed by atoms with Crippen molar-refractivity contribution in [2.24, 2.45) is 0 Å². The molecule has 2 aromatic rings. The summed E-state index contributed by atoms with van der Waals surface area (Å²) in [5, 5.41) is 10.7. The van der Waals surface area contributed by atoms with Crippen molar-refractivity contribution in [1.82, 2.24) is 0 Å². The first-order valence-electron chi connectivity index (χ1n) is 5.87. The first-order chi connectivity index (χ1) is 8.01. The van der Waals surface area contributed by atoms with E-state index in [0.717, 1.165) is 16.7 Å². The molecule has 17 heavy (non-hydrogen) atoms. The maximum atomic E-state index is 10.7. The fourth-order valence-corrected chi connectivity index (χ4v) is 2.15. The van der Waals surface area contributed by atoms with E-state index in [1.54, 1.807) is 0 Å². The normalized spacial score (nSPS) is 14.4. The highest BCUT2D eigenvalue weighted by Crippen LogP contribution is 2.31. The minimum Gasteiger partial charge on any atom is -0.381 e. The van der Waals surface area contributed by atoms with E-state index in [9.17, 15) is 5.11 Å². The second-order valence-electron chi connectivity index (χ2n) is 4.75. The van der Waals surface area contributed by atoms with E-state index in [0.29, 0.717) is 0 Å². The van der Waals surface area contributed by atoms with Crippen molar-refractivity contribution in [2.45, 2.75) is 26.4 Å². The fraction of sp³-hybridized carbons (Fsp3) is 0.250. The first kappa shape index (κ1) is 11.9. The molecule has 0 spiro atoms. The van der Waals surface area contributed by atoms with Gasteiger partial charge in [0.05, 0.1) is 0 Å². The Morgan fingerprint density at radius 3 is 2.06 bits per heavy atom. The molecule has 2 rings (SSSR count). The maximum absolute atomic E-state index is 10.7. The molecule has 0 fully saturated rings. The Bertz CT molecular complexity index is 509. The number of aliphatic hydroxyl groups is 1. The van der Waals surface area contributed by atoms with Crippen molar-refractivity contribution in [3.05, 3.63) is 70.8 Å². The maximum Gasteiger partial charge on any atom is 0.112 e. The van der Waals surface area contributed by atoms with Crippen molar-refractivity contribution < 1.29 is 5.11 Å². The molecule has 1 atom stereocenters. The minimum absolute atomic E-state index is 0.928. The molecule has 0 saturated heterocycles. The summed E-state index contributed by atoms with van der Waals surface area (Å²) in [5.41, 5.74) is 3.27. The van der Waals surface area contributed by atoms with Crippen molar-refractivity contribution >= 4 is 0 Å². The Labute approximate surface area is 103 Å². The molecule has 0 aliphatic rings. The average molecular weight is 226 g/mol. The van der Waals surface area contributed by atoms with Gasteiger partial charge in [0.25, 0.3) is 0 Å². The van der Waals surface area contributed by atoms with Crippen LogP contribution in [0.5, 0.6) is 0 Å². The minimum atomic E-state index is -0.932. The van der Waals surface area contributed by atoms with Gasteiger partial charge >= 0.3 is 0 Å². The van der Waals surface area contributed by atoms with Crippen LogP contribution < -0.4 is 0 Å². The van der Waals surface area contributed by atoms with Gasteiger partial charge in [-0.15, -0.1) is 0 Å². The van der Waals surface area contributed by atoms with Crippen LogP contribution in [-0.4, -0.2) is 5.11 Å². The number of rotatable bonds is 2. The third-order valence-corrected chi connectivity index (χ3v) is 3.28. The van der Waals surface area contributed by atoms with Crippen molar-refractivity contribution in [3.63, 3.8) is 0 Å². The lowest BCUT2D eigenvalue weighted by molar-refractivity contribution is 0.102. The second-order valence-corrected chi connectivity index (χ2v) is 4.75. The molecule has 0 bridgehead atoms. The van der Waals surface area contributed by atoms with Gasteiger partial charge < -0.3 is 5.11 Å². The zero-order valence-electron chi connectivity index (χ0n) is 10.6. The van der Waals surface area contributed by atoms with Crippen LogP contribution in [0.25, 0.3) is 0 Å². The van der Waals surface area contributed by atoms with Crippen LogP contribution in [0.1, 0.15) is 29.2 Å². The molecule has 1 heteroatoms. The topological polar surface area (TPSA) is 20.2 Å². The van der Waals surface area contributed by atoms with Crippen LogP contribution in [0.3, 0.4) is 0 Å². The molecule has 0 radical (unpaired) electrons. The molecule has 1 N–H and O–H groups in total. The highest BCUT2D eigenvalue weighted by atomic mass is 16.3. The van der Waals surface area contributed by atoms with Crippen molar-refractivity contribution in [3.8, 4) is 0 Å². The van der Waals surface area contributed by atoms with E-state index in [1.807, 2.05) is 69.3 Å². The van der Waals surface area contributed by atoms with Gasteiger partial charge in [-0.1, -0.05) is 54.1 Å². The molecule has 2 aromatic carbocycles. The summed E-state index contributed by atoms with van der Waals surface area (Å²) in [5.74, 6) is 0. The second kappa shape index (κ2) is 4.34. The monoisotopic (exact) mass is 226 g/mol. The lowest BCUT2D eigenvalue weighted by atomic mass is 9.85. The van der Waals surface area contributed by atoms with Crippen LogP contribution in [-0.2, 0) is 5.60 Å². The van der Waals surface area contributed by atoms with Crippen molar-refractivity contribution in [1.29, 1.82) is 0 Å². The van der Waals surface area contributed by atoms with Gasteiger partial charge in [0, 0.05) is 0 Å². The summed E-state index contributed by atoms with van der Waals surface area (Å²) in [6.07, 6.45) is 0. The number of aryl methyl sites for hydroxylation is 2. The zero-order valence-corrected chi connectivity index (χ0v) is 10.6. The Morgan fingerprint density at radius 2 is 1.47 bits per heavy atom. The van der Waals surface area contributed by atoms with Crippen LogP contribution >= 0.6 is 0 Å². The van der Waals surface area contributed by atoms with Crippen LogP contribution in [0.2, 0.25) is 0 Å². The van der Waals surface area contributed by atoms with Crippen LogP contribution in [0.4, 0.5) is 0 Å². The van der Waals surface area contributed by atoms with Gasteiger partial charge in [-0.25, -0.2) is 0 Å². The van der Waals surface area contributed by atoms with E-state index in [4.69, 9.17) is 0 Å². The van der Waals surface area contributed by atoms with Crippen LogP contribution in [0.15, 0.2) is 48.5 Å². The van der Waals surface area contributed by atoms with Crippen LogP contribution in [0, 0.1) is 13.8 Å². The number of hydrogen-bond donors (Lipinski definition) is 1. The summed E-state index contributed by atoms with van der Waals surface area (Å²) < 4.78 is 0. The summed E-state index contributed by atoms with van der Waals surface area (Å²) in [7, 11) is 0. The molecule has 88 valence electrons. The number of hydrogen-bond acceptors (Lipinski definition) is 1. The zero-order chi connectivity index (χ0) is 12.5. The van der Waals surface area contributed by atoms with Gasteiger partial charge in [0.1, 0.15) is 5.60 Å². The molecular formula is C16H18O. The summed E-state index contributed by atoms with van der Waals surface area (Å²) >= 11 is 0. The molecule has 0 amide bonds. The Hall–Kier alpha value is -1.60. The van der Waals surface area contributed by atoms with E-state index in [2.05, 4.69) is 0 Å². The lowest BCUT2D eigenvalue weighted by Crippen LogP contribution is -2.23. The summed E-state index contributed by atoms with van der Waals surface area (Å²) in [6.45, 7) is 5.92. The largest absolute Gasteiger partial charge is 0.381 e. The summed E-state index contributed by atoms with van der Waals surface area (Å²) in [6, 6.07) is 16.0. The molecular weight excluding hydrogens is 208 g/mol. The van der Waals surface area contributed by atoms with Gasteiger partial charge in [-0.2, -0.15) is 0 Å². The predicted octanol–water partition coefficient (Wildman–Crippen LogP) is 3.56. The SMILES string of the molecule is Cc1ccc(C(C)(O)c2ccccc2C)cc1. The van der Waals surface area contributed by atoms with E-state index in [1.165, 1.54) is 5.56 Å². The first-order valence-corrected chi connectivity index (χ1v) is 5.87. The Kier molecular flexibility index (Phi) is 3.03. The molecule has 0 saturated carbocycles. The van der Waals surface area contributed by atoms with Gasteiger partial charge in [-0.3, -0.25) is 0 Å². The molecule has 0 aliphatic carbocycles. The molecule has 0 aliphatic heterocycles. The smallest absolute Gasteiger partial charge is 0.112 e. The highest BCUT2D eigenvalue weighted by Gasteiger charge is 2.26. The molecule has 1 unspecified atom stereocenters. The standard InChI is InChI=1S/C16H18O/c1-12-8-10-14(11-9-12)16(3,17)15-7-5-4-6-13(15)2/h4-11,17H,1-3H3. The van der Waals surface area contributed by atoms with Crippen molar-refractivity contribution in [2.75, 3.05) is 0 Å². The van der Waals surface area contributed by atoms with Gasteiger partial charge in [0.15, 0.2) is 0 Å². The van der Waals surface area contributed by atoms with E-state index < -0.39 is 5.60 Å². The number of benzene rings is 2. The van der Waals surface area contributed by atoms with E-state index >= 15 is 0 Å². The molecule has 0 aromatic heterocycles. The lowest BCUT2D eigenvalue weighted by Gasteiger charge is -2.26. The Morgan fingerprint density at radius 1 is 0.882 bits per heavy atom. The third kappa shape index (κ3) is 2.25. The Balaban J connectivity index is 2.49. The molecule has 0 heterocycles. The van der Waals surface area contributed by atoms with E-state index in [-0.39, 0.29) is 0 Å². The van der Waals surface area contributed by atoms with Gasteiger partial charge in [-0.05, 0) is 37.5 Å². The predicted molar refractivity (Wildman–Crippen MR) is 71.0 cm³/mol. The highest BCUT2D eigenvalue weighted by molar-refractivity contribution is 5.40.